The van der Waals surface area contributed by atoms with Crippen LogP contribution in [-0.4, -0.2) is 0 Å². The zero-order valence-corrected chi connectivity index (χ0v) is 8.75. The average molecular weight is 212 g/mol. The van der Waals surface area contributed by atoms with Crippen LogP contribution in [-0.2, 0) is 0 Å². The third-order valence-electron chi connectivity index (χ3n) is 2.60. The maximum absolute atomic E-state index is 6.35. The molecule has 0 aliphatic carbocycles. The largest absolute Gasteiger partial charge is 0.0830 e. The van der Waals surface area contributed by atoms with Gasteiger partial charge in [-0.1, -0.05) is 60.1 Å². The molecule has 0 saturated heterocycles. The number of halogens is 1. The van der Waals surface area contributed by atoms with Crippen molar-refractivity contribution in [2.45, 2.75) is 0 Å². The van der Waals surface area contributed by atoms with Crippen LogP contribution in [0.1, 0.15) is 0 Å². The molecule has 0 aliphatic rings. The minimum atomic E-state index is 0.819. The first kappa shape index (κ1) is 8.75. The Hall–Kier alpha value is -1.53. The van der Waals surface area contributed by atoms with E-state index >= 15 is 0 Å². The first-order valence-electron chi connectivity index (χ1n) is 4.84. The summed E-state index contributed by atoms with van der Waals surface area (Å²) in [6, 6.07) is 19.5. The Labute approximate surface area is 93.1 Å². The van der Waals surface area contributed by atoms with Crippen molar-refractivity contribution in [2.75, 3.05) is 0 Å². The van der Waals surface area contributed by atoms with Gasteiger partial charge in [-0.25, -0.2) is 0 Å². The van der Waals surface area contributed by atoms with Gasteiger partial charge in [0.05, 0.1) is 5.02 Å². The van der Waals surface area contributed by atoms with Crippen LogP contribution in [0.4, 0.5) is 0 Å². The van der Waals surface area contributed by atoms with Crippen LogP contribution in [0.2, 0.25) is 5.02 Å². The van der Waals surface area contributed by atoms with E-state index in [4.69, 9.17) is 11.6 Å². The lowest BCUT2D eigenvalue weighted by Gasteiger charge is -2.04. The Morgan fingerprint density at radius 2 is 1.20 bits per heavy atom. The molecule has 0 nitrogen and oxygen atoms in total. The molecular weight excluding hydrogens is 204 g/mol. The molecule has 0 heterocycles. The summed E-state index contributed by atoms with van der Waals surface area (Å²) in [5.74, 6) is 0. The molecule has 1 radical (unpaired) electrons. The fourth-order valence-electron chi connectivity index (χ4n) is 1.86. The molecule has 0 amide bonds. The fraction of sp³-hybridized carbons (Fsp3) is 0. The van der Waals surface area contributed by atoms with Gasteiger partial charge in [-0.2, -0.15) is 0 Å². The van der Waals surface area contributed by atoms with Crippen molar-refractivity contribution < 1.29 is 0 Å². The van der Waals surface area contributed by atoms with Crippen molar-refractivity contribution in [1.82, 2.24) is 0 Å². The predicted molar refractivity (Wildman–Crippen MR) is 65.3 cm³/mol. The second-order valence-corrected chi connectivity index (χ2v) is 3.91. The van der Waals surface area contributed by atoms with Crippen molar-refractivity contribution in [3.05, 3.63) is 59.6 Å². The summed E-state index contributed by atoms with van der Waals surface area (Å²) in [6.07, 6.45) is 0. The van der Waals surface area contributed by atoms with Crippen molar-refractivity contribution in [2.24, 2.45) is 0 Å². The highest BCUT2D eigenvalue weighted by Crippen LogP contribution is 2.31. The number of rotatable bonds is 0. The van der Waals surface area contributed by atoms with Crippen LogP contribution in [0.5, 0.6) is 0 Å². The van der Waals surface area contributed by atoms with Gasteiger partial charge >= 0.3 is 0 Å². The number of fused-ring (bicyclic) bond motifs is 2. The first-order valence-corrected chi connectivity index (χ1v) is 5.22. The number of hydrogen-bond acceptors (Lipinski definition) is 0. The van der Waals surface area contributed by atoms with E-state index in [0.29, 0.717) is 0 Å². The van der Waals surface area contributed by atoms with Gasteiger partial charge in [0, 0.05) is 10.8 Å². The molecule has 15 heavy (non-hydrogen) atoms. The summed E-state index contributed by atoms with van der Waals surface area (Å²) in [6.45, 7) is 0. The molecule has 3 rings (SSSR count). The zero-order chi connectivity index (χ0) is 10.3. The van der Waals surface area contributed by atoms with Crippen molar-refractivity contribution in [3.63, 3.8) is 0 Å². The molecule has 0 saturated carbocycles. The molecular formula is C14H8Cl. The highest BCUT2D eigenvalue weighted by atomic mass is 35.5. The van der Waals surface area contributed by atoms with E-state index in [1.807, 2.05) is 48.5 Å². The molecule has 0 atom stereocenters. The Bertz CT molecular complexity index is 587. The fourth-order valence-corrected chi connectivity index (χ4v) is 2.19. The smallest absolute Gasteiger partial charge is 0.0563 e. The molecule has 3 aromatic rings. The lowest BCUT2D eigenvalue weighted by Crippen LogP contribution is -1.78. The van der Waals surface area contributed by atoms with E-state index in [1.165, 1.54) is 0 Å². The molecule has 1 heteroatoms. The first-order chi connectivity index (χ1) is 7.36. The van der Waals surface area contributed by atoms with Gasteiger partial charge in [-0.15, -0.1) is 0 Å². The van der Waals surface area contributed by atoms with Crippen molar-refractivity contribution >= 4 is 33.1 Å². The lowest BCUT2D eigenvalue weighted by molar-refractivity contribution is 1.76. The third kappa shape index (κ3) is 1.30. The Balaban J connectivity index is 2.60. The summed E-state index contributed by atoms with van der Waals surface area (Å²) < 4.78 is 0. The molecule has 3 aromatic carbocycles. The predicted octanol–water partition coefficient (Wildman–Crippen LogP) is 4.45. The van der Waals surface area contributed by atoms with Crippen molar-refractivity contribution in [3.8, 4) is 0 Å². The van der Waals surface area contributed by atoms with Crippen LogP contribution in [0.15, 0.2) is 48.5 Å². The standard InChI is InChI=1S/C14H8Cl/c15-14-12-7-3-1-5-10(12)9-11-6-2-4-8-13(11)14/h1-8H. The quantitative estimate of drug-likeness (QED) is 0.482. The van der Waals surface area contributed by atoms with E-state index in [-0.39, 0.29) is 0 Å². The molecule has 0 aliphatic heterocycles. The zero-order valence-electron chi connectivity index (χ0n) is 8.00. The van der Waals surface area contributed by atoms with Crippen LogP contribution >= 0.6 is 11.6 Å². The van der Waals surface area contributed by atoms with Gasteiger partial charge in [0.15, 0.2) is 0 Å². The topological polar surface area (TPSA) is 0 Å². The summed E-state index contributed by atoms with van der Waals surface area (Å²) in [5, 5.41) is 5.10. The summed E-state index contributed by atoms with van der Waals surface area (Å²) in [4.78, 5) is 0. The minimum absolute atomic E-state index is 0.819. The third-order valence-corrected chi connectivity index (χ3v) is 3.00. The van der Waals surface area contributed by atoms with Crippen LogP contribution in [0.3, 0.4) is 0 Å². The van der Waals surface area contributed by atoms with E-state index in [9.17, 15) is 0 Å². The van der Waals surface area contributed by atoms with Gasteiger partial charge in [-0.3, -0.25) is 0 Å². The van der Waals surface area contributed by atoms with Crippen molar-refractivity contribution in [1.29, 1.82) is 0 Å². The van der Waals surface area contributed by atoms with Gasteiger partial charge in [0.1, 0.15) is 0 Å². The van der Waals surface area contributed by atoms with Gasteiger partial charge in [0.2, 0.25) is 0 Å². The van der Waals surface area contributed by atoms with E-state index in [2.05, 4.69) is 6.07 Å². The highest BCUT2D eigenvalue weighted by molar-refractivity contribution is 6.40. The second-order valence-electron chi connectivity index (χ2n) is 3.53. The maximum atomic E-state index is 6.35. The lowest BCUT2D eigenvalue weighted by atomic mass is 10.0. The minimum Gasteiger partial charge on any atom is -0.0830 e. The maximum Gasteiger partial charge on any atom is 0.0563 e. The van der Waals surface area contributed by atoms with E-state index < -0.39 is 0 Å². The summed E-state index contributed by atoms with van der Waals surface area (Å²) in [5.41, 5.74) is 0. The van der Waals surface area contributed by atoms with Gasteiger partial charge in [-0.05, 0) is 16.8 Å². The van der Waals surface area contributed by atoms with E-state index in [1.54, 1.807) is 0 Å². The molecule has 0 bridgehead atoms. The normalized spacial score (nSPS) is 11.0. The Morgan fingerprint density at radius 3 is 1.73 bits per heavy atom. The molecule has 0 unspecified atom stereocenters. The number of hydrogen-bond donors (Lipinski definition) is 0. The van der Waals surface area contributed by atoms with Crippen LogP contribution in [0.25, 0.3) is 21.5 Å². The molecule has 0 N–H and O–H groups in total. The SMILES string of the molecule is Clc1c2ccccc2[c]c2ccccc12. The van der Waals surface area contributed by atoms with E-state index in [0.717, 1.165) is 26.6 Å². The molecule has 0 fully saturated rings. The second kappa shape index (κ2) is 3.25. The van der Waals surface area contributed by atoms with Crippen LogP contribution < -0.4 is 0 Å². The Morgan fingerprint density at radius 1 is 0.733 bits per heavy atom. The molecule has 71 valence electrons. The molecule has 0 aromatic heterocycles. The number of benzene rings is 3. The Kier molecular flexibility index (Phi) is 1.90. The summed E-state index contributed by atoms with van der Waals surface area (Å²) >= 11 is 6.35. The average Bonchev–Trinajstić information content (AvgIpc) is 2.30. The highest BCUT2D eigenvalue weighted by Gasteiger charge is 2.03. The van der Waals surface area contributed by atoms with Gasteiger partial charge < -0.3 is 0 Å². The van der Waals surface area contributed by atoms with Crippen LogP contribution in [0, 0.1) is 6.07 Å². The van der Waals surface area contributed by atoms with Gasteiger partial charge in [0.25, 0.3) is 0 Å². The molecule has 0 spiro atoms. The monoisotopic (exact) mass is 211 g/mol. The summed E-state index contributed by atoms with van der Waals surface area (Å²) in [7, 11) is 0.